The normalized spacial score (nSPS) is 12.8. The standard InChI is InChI=1S/C14H17ClN2O/c1-2-12(18)9-16-8-11-7-10-5-3-4-6-13(10)17-14(11)15/h3-7,12,16,18H,2,8-9H2,1H3/t12-/m1/s1. The summed E-state index contributed by atoms with van der Waals surface area (Å²) in [6.45, 7) is 3.14. The molecule has 2 rings (SSSR count). The predicted molar refractivity (Wildman–Crippen MR) is 74.8 cm³/mol. The lowest BCUT2D eigenvalue weighted by atomic mass is 10.1. The van der Waals surface area contributed by atoms with E-state index < -0.39 is 0 Å². The van der Waals surface area contributed by atoms with Crippen LogP contribution in [0.15, 0.2) is 30.3 Å². The monoisotopic (exact) mass is 264 g/mol. The second-order valence-electron chi connectivity index (χ2n) is 4.32. The van der Waals surface area contributed by atoms with Crippen LogP contribution in [-0.4, -0.2) is 22.7 Å². The summed E-state index contributed by atoms with van der Waals surface area (Å²) in [4.78, 5) is 4.36. The van der Waals surface area contributed by atoms with E-state index in [1.807, 2.05) is 37.3 Å². The quantitative estimate of drug-likeness (QED) is 0.817. The van der Waals surface area contributed by atoms with Gasteiger partial charge in [-0.2, -0.15) is 0 Å². The highest BCUT2D eigenvalue weighted by Crippen LogP contribution is 2.20. The number of hydrogen-bond donors (Lipinski definition) is 2. The van der Waals surface area contributed by atoms with Gasteiger partial charge in [-0.15, -0.1) is 0 Å². The molecule has 96 valence electrons. The van der Waals surface area contributed by atoms with Crippen molar-refractivity contribution in [1.29, 1.82) is 0 Å². The van der Waals surface area contributed by atoms with Crippen molar-refractivity contribution in [2.24, 2.45) is 0 Å². The summed E-state index contributed by atoms with van der Waals surface area (Å²) in [6, 6.07) is 9.93. The zero-order valence-corrected chi connectivity index (χ0v) is 11.1. The average Bonchev–Trinajstić information content (AvgIpc) is 2.39. The van der Waals surface area contributed by atoms with Crippen LogP contribution in [0.4, 0.5) is 0 Å². The zero-order valence-electron chi connectivity index (χ0n) is 10.4. The third-order valence-electron chi connectivity index (χ3n) is 2.92. The van der Waals surface area contributed by atoms with Crippen molar-refractivity contribution >= 4 is 22.5 Å². The highest BCUT2D eigenvalue weighted by Gasteiger charge is 2.05. The minimum Gasteiger partial charge on any atom is -0.392 e. The fourth-order valence-corrected chi connectivity index (χ4v) is 1.99. The van der Waals surface area contributed by atoms with Crippen LogP contribution in [-0.2, 0) is 6.54 Å². The van der Waals surface area contributed by atoms with Gasteiger partial charge in [-0.05, 0) is 18.6 Å². The molecule has 0 unspecified atom stereocenters. The van der Waals surface area contributed by atoms with E-state index in [9.17, 15) is 5.11 Å². The molecule has 1 aromatic carbocycles. The summed E-state index contributed by atoms with van der Waals surface area (Å²) < 4.78 is 0. The number of aliphatic hydroxyl groups excluding tert-OH is 1. The van der Waals surface area contributed by atoms with Crippen LogP contribution in [0.2, 0.25) is 5.15 Å². The van der Waals surface area contributed by atoms with Crippen LogP contribution in [0.1, 0.15) is 18.9 Å². The summed E-state index contributed by atoms with van der Waals surface area (Å²) >= 11 is 6.14. The number of pyridine rings is 1. The summed E-state index contributed by atoms with van der Waals surface area (Å²) in [5.74, 6) is 0. The van der Waals surface area contributed by atoms with Crippen LogP contribution >= 0.6 is 11.6 Å². The first kappa shape index (κ1) is 13.3. The molecular formula is C14H17ClN2O. The van der Waals surface area contributed by atoms with Gasteiger partial charge in [-0.3, -0.25) is 0 Å². The van der Waals surface area contributed by atoms with E-state index in [0.29, 0.717) is 18.2 Å². The maximum Gasteiger partial charge on any atom is 0.134 e. The Kier molecular flexibility index (Phi) is 4.53. The van der Waals surface area contributed by atoms with E-state index in [0.717, 1.165) is 22.9 Å². The summed E-state index contributed by atoms with van der Waals surface area (Å²) in [5.41, 5.74) is 1.86. The molecule has 2 aromatic rings. The van der Waals surface area contributed by atoms with Crippen molar-refractivity contribution in [1.82, 2.24) is 10.3 Å². The first-order valence-electron chi connectivity index (χ1n) is 6.13. The van der Waals surface area contributed by atoms with E-state index >= 15 is 0 Å². The van der Waals surface area contributed by atoms with Gasteiger partial charge < -0.3 is 10.4 Å². The average molecular weight is 265 g/mol. The molecule has 2 N–H and O–H groups in total. The van der Waals surface area contributed by atoms with Gasteiger partial charge in [0.1, 0.15) is 5.15 Å². The molecule has 0 aliphatic heterocycles. The smallest absolute Gasteiger partial charge is 0.134 e. The minimum absolute atomic E-state index is 0.308. The molecule has 0 saturated carbocycles. The maximum absolute atomic E-state index is 9.47. The molecule has 0 radical (unpaired) electrons. The Bertz CT molecular complexity index is 530. The molecule has 0 aliphatic carbocycles. The number of benzene rings is 1. The van der Waals surface area contributed by atoms with Gasteiger partial charge in [-0.1, -0.05) is 36.7 Å². The molecule has 0 aliphatic rings. The second kappa shape index (κ2) is 6.14. The third kappa shape index (κ3) is 3.19. The number of nitrogens with zero attached hydrogens (tertiary/aromatic N) is 1. The van der Waals surface area contributed by atoms with Crippen LogP contribution in [0.3, 0.4) is 0 Å². The highest BCUT2D eigenvalue weighted by molar-refractivity contribution is 6.30. The van der Waals surface area contributed by atoms with Crippen molar-refractivity contribution in [2.45, 2.75) is 26.0 Å². The second-order valence-corrected chi connectivity index (χ2v) is 4.68. The first-order chi connectivity index (χ1) is 8.70. The SMILES string of the molecule is CC[C@@H](O)CNCc1cc2ccccc2nc1Cl. The van der Waals surface area contributed by atoms with E-state index in [1.165, 1.54) is 0 Å². The number of aromatic nitrogens is 1. The number of para-hydroxylation sites is 1. The Balaban J connectivity index is 2.10. The molecule has 1 heterocycles. The van der Waals surface area contributed by atoms with Crippen molar-refractivity contribution in [2.75, 3.05) is 6.54 Å². The predicted octanol–water partition coefficient (Wildman–Crippen LogP) is 2.75. The molecule has 0 fully saturated rings. The van der Waals surface area contributed by atoms with E-state index in [4.69, 9.17) is 11.6 Å². The number of fused-ring (bicyclic) bond motifs is 1. The molecular weight excluding hydrogens is 248 g/mol. The van der Waals surface area contributed by atoms with Gasteiger partial charge in [-0.25, -0.2) is 4.98 Å². The lowest BCUT2D eigenvalue weighted by Gasteiger charge is -2.10. The molecule has 4 heteroatoms. The molecule has 0 saturated heterocycles. The maximum atomic E-state index is 9.47. The van der Waals surface area contributed by atoms with Crippen molar-refractivity contribution in [3.8, 4) is 0 Å². The van der Waals surface area contributed by atoms with Crippen LogP contribution in [0, 0.1) is 0 Å². The molecule has 0 spiro atoms. The summed E-state index contributed by atoms with van der Waals surface area (Å²) in [5, 5.41) is 14.2. The molecule has 3 nitrogen and oxygen atoms in total. The van der Waals surface area contributed by atoms with Gasteiger partial charge in [0.25, 0.3) is 0 Å². The first-order valence-corrected chi connectivity index (χ1v) is 6.51. The van der Waals surface area contributed by atoms with Gasteiger partial charge in [0.05, 0.1) is 11.6 Å². The molecule has 1 atom stereocenters. The Morgan fingerprint density at radius 1 is 1.39 bits per heavy atom. The van der Waals surface area contributed by atoms with Crippen LogP contribution < -0.4 is 5.32 Å². The van der Waals surface area contributed by atoms with Gasteiger partial charge in [0, 0.05) is 24.0 Å². The molecule has 1 aromatic heterocycles. The van der Waals surface area contributed by atoms with Crippen LogP contribution in [0.5, 0.6) is 0 Å². The Labute approximate surface area is 112 Å². The number of hydrogen-bond acceptors (Lipinski definition) is 3. The number of nitrogens with one attached hydrogen (secondary N) is 1. The van der Waals surface area contributed by atoms with Crippen molar-refractivity contribution in [3.05, 3.63) is 41.0 Å². The Morgan fingerprint density at radius 3 is 2.94 bits per heavy atom. The van der Waals surface area contributed by atoms with Crippen molar-refractivity contribution < 1.29 is 5.11 Å². The number of halogens is 1. The van der Waals surface area contributed by atoms with Gasteiger partial charge >= 0.3 is 0 Å². The molecule has 0 amide bonds. The third-order valence-corrected chi connectivity index (χ3v) is 3.24. The topological polar surface area (TPSA) is 45.1 Å². The number of aliphatic hydroxyl groups is 1. The van der Waals surface area contributed by atoms with E-state index in [1.54, 1.807) is 0 Å². The molecule has 0 bridgehead atoms. The summed E-state index contributed by atoms with van der Waals surface area (Å²) in [7, 11) is 0. The minimum atomic E-state index is -0.308. The lowest BCUT2D eigenvalue weighted by molar-refractivity contribution is 0.167. The number of rotatable bonds is 5. The van der Waals surface area contributed by atoms with Gasteiger partial charge in [0.15, 0.2) is 0 Å². The Morgan fingerprint density at radius 2 is 2.17 bits per heavy atom. The van der Waals surface area contributed by atoms with Gasteiger partial charge in [0.2, 0.25) is 0 Å². The zero-order chi connectivity index (χ0) is 13.0. The van der Waals surface area contributed by atoms with Crippen LogP contribution in [0.25, 0.3) is 10.9 Å². The molecule has 18 heavy (non-hydrogen) atoms. The fourth-order valence-electron chi connectivity index (χ4n) is 1.78. The summed E-state index contributed by atoms with van der Waals surface area (Å²) in [6.07, 6.45) is 0.439. The van der Waals surface area contributed by atoms with E-state index in [2.05, 4.69) is 10.3 Å². The lowest BCUT2D eigenvalue weighted by Crippen LogP contribution is -2.25. The van der Waals surface area contributed by atoms with Crippen molar-refractivity contribution in [3.63, 3.8) is 0 Å². The highest BCUT2D eigenvalue weighted by atomic mass is 35.5. The Hall–Kier alpha value is -1.16. The largest absolute Gasteiger partial charge is 0.392 e. The van der Waals surface area contributed by atoms with E-state index in [-0.39, 0.29) is 6.10 Å². The fraction of sp³-hybridized carbons (Fsp3) is 0.357.